The Kier molecular flexibility index (Phi) is 6.07. The summed E-state index contributed by atoms with van der Waals surface area (Å²) >= 11 is 0. The first-order chi connectivity index (χ1) is 15.3. The highest BCUT2D eigenvalue weighted by Gasteiger charge is 2.44. The summed E-state index contributed by atoms with van der Waals surface area (Å²) < 4.78 is 61.6. The number of carbonyl (C=O) groups excluding carboxylic acids is 1. The van der Waals surface area contributed by atoms with Gasteiger partial charge in [-0.25, -0.2) is 17.2 Å². The lowest BCUT2D eigenvalue weighted by atomic mass is 10.1. The maximum Gasteiger partial charge on any atom is 0.251 e. The second-order valence-electron chi connectivity index (χ2n) is 7.55. The van der Waals surface area contributed by atoms with Crippen molar-refractivity contribution in [2.24, 2.45) is 0 Å². The number of nitrogens with one attached hydrogen (secondary N) is 1. The van der Waals surface area contributed by atoms with Gasteiger partial charge in [-0.3, -0.25) is 4.79 Å². The van der Waals surface area contributed by atoms with Gasteiger partial charge < -0.3 is 9.84 Å². The molecule has 0 bridgehead atoms. The Morgan fingerprint density at radius 3 is 2.47 bits per heavy atom. The maximum absolute atomic E-state index is 14.4. The fraction of sp³-hybridized carbons (Fsp3) is 0.273. The Balaban J connectivity index is 1.71. The van der Waals surface area contributed by atoms with Crippen LogP contribution in [0, 0.1) is 0 Å². The minimum atomic E-state index is -4.24. The highest BCUT2D eigenvalue weighted by molar-refractivity contribution is 7.89. The first-order valence-electron chi connectivity index (χ1n) is 9.99. The molecule has 1 N–H and O–H groups in total. The predicted octanol–water partition coefficient (Wildman–Crippen LogP) is 3.45. The molecule has 1 aliphatic heterocycles. The van der Waals surface area contributed by atoms with E-state index in [1.807, 2.05) is 0 Å². The molecule has 1 unspecified atom stereocenters. The van der Waals surface area contributed by atoms with Crippen molar-refractivity contribution in [2.75, 3.05) is 6.54 Å². The molecule has 0 saturated carbocycles. The zero-order chi connectivity index (χ0) is 22.8. The summed E-state index contributed by atoms with van der Waals surface area (Å²) in [5.41, 5.74) is 1.26. The molecule has 7 nitrogen and oxygen atoms in total. The Morgan fingerprint density at radius 2 is 1.81 bits per heavy atom. The van der Waals surface area contributed by atoms with Crippen molar-refractivity contribution in [3.63, 3.8) is 0 Å². The number of nitrogens with zero attached hydrogens (tertiary/aromatic N) is 2. The number of amides is 1. The van der Waals surface area contributed by atoms with Crippen LogP contribution in [0.3, 0.4) is 0 Å². The van der Waals surface area contributed by atoms with Crippen molar-refractivity contribution in [1.82, 2.24) is 14.8 Å². The van der Waals surface area contributed by atoms with Crippen LogP contribution in [0.1, 0.15) is 18.4 Å². The van der Waals surface area contributed by atoms with Crippen LogP contribution in [0.4, 0.5) is 8.78 Å². The van der Waals surface area contributed by atoms with Crippen LogP contribution < -0.4 is 5.32 Å². The second kappa shape index (κ2) is 8.79. The molecule has 1 aliphatic rings. The number of sulfonamides is 1. The molecule has 1 amide bonds. The molecule has 0 spiro atoms. The van der Waals surface area contributed by atoms with Gasteiger partial charge in [-0.05, 0) is 17.7 Å². The van der Waals surface area contributed by atoms with E-state index >= 15 is 0 Å². The number of rotatable bonds is 6. The van der Waals surface area contributed by atoms with Crippen molar-refractivity contribution in [1.29, 1.82) is 0 Å². The highest BCUT2D eigenvalue weighted by atomic mass is 32.2. The quantitative estimate of drug-likeness (QED) is 0.607. The van der Waals surface area contributed by atoms with E-state index in [2.05, 4.69) is 10.5 Å². The second-order valence-corrected chi connectivity index (χ2v) is 9.44. The van der Waals surface area contributed by atoms with Crippen molar-refractivity contribution in [3.05, 3.63) is 72.4 Å². The molecule has 168 valence electrons. The summed E-state index contributed by atoms with van der Waals surface area (Å²) in [6, 6.07) is 14.4. The molecular formula is C22H21F2N3O4S. The summed E-state index contributed by atoms with van der Waals surface area (Å²) in [7, 11) is -4.24. The molecule has 0 aliphatic carbocycles. The van der Waals surface area contributed by atoms with Crippen LogP contribution in [-0.2, 0) is 21.4 Å². The van der Waals surface area contributed by atoms with E-state index < -0.39 is 40.7 Å². The normalized spacial score (nSPS) is 18.8. The topological polar surface area (TPSA) is 92.5 Å². The van der Waals surface area contributed by atoms with Crippen molar-refractivity contribution < 1.29 is 26.5 Å². The third-order valence-corrected chi connectivity index (χ3v) is 7.17. The number of aromatic nitrogens is 1. The lowest BCUT2D eigenvalue weighted by Gasteiger charge is -2.30. The number of hydrogen-bond donors (Lipinski definition) is 1. The van der Waals surface area contributed by atoms with Crippen LogP contribution in [0.15, 0.2) is 76.3 Å². The Bertz CT molecular complexity index is 1170. The van der Waals surface area contributed by atoms with Gasteiger partial charge in [0.25, 0.3) is 5.92 Å². The van der Waals surface area contributed by atoms with Crippen LogP contribution in [0.25, 0.3) is 11.3 Å². The summed E-state index contributed by atoms with van der Waals surface area (Å²) in [5, 5.41) is 6.07. The van der Waals surface area contributed by atoms with E-state index in [9.17, 15) is 22.0 Å². The van der Waals surface area contributed by atoms with Gasteiger partial charge in [-0.2, -0.15) is 4.31 Å². The van der Waals surface area contributed by atoms with E-state index in [0.29, 0.717) is 11.3 Å². The monoisotopic (exact) mass is 461 g/mol. The Hall–Kier alpha value is -3.11. The van der Waals surface area contributed by atoms with Gasteiger partial charge in [0.1, 0.15) is 6.04 Å². The van der Waals surface area contributed by atoms with Gasteiger partial charge in [-0.15, -0.1) is 0 Å². The SMILES string of the molecule is O=C1NCCC(F)(F)CC1N(Cc1ccc(-c2ccno2)cc1)S(=O)(=O)c1ccccc1. The van der Waals surface area contributed by atoms with Crippen molar-refractivity contribution >= 4 is 15.9 Å². The number of alkyl halides is 2. The molecule has 0 radical (unpaired) electrons. The zero-order valence-electron chi connectivity index (χ0n) is 16.9. The van der Waals surface area contributed by atoms with Gasteiger partial charge >= 0.3 is 0 Å². The molecule has 2 heterocycles. The average Bonchev–Trinajstić information content (AvgIpc) is 3.27. The molecule has 1 aromatic heterocycles. The molecule has 3 aromatic rings. The van der Waals surface area contributed by atoms with Crippen LogP contribution >= 0.6 is 0 Å². The third kappa shape index (κ3) is 4.71. The summed E-state index contributed by atoms with van der Waals surface area (Å²) in [6.45, 7) is -0.463. The summed E-state index contributed by atoms with van der Waals surface area (Å²) in [5.74, 6) is -3.38. The van der Waals surface area contributed by atoms with Gasteiger partial charge in [0.05, 0.1) is 11.1 Å². The van der Waals surface area contributed by atoms with Gasteiger partial charge in [-0.1, -0.05) is 47.6 Å². The molecule has 2 aromatic carbocycles. The van der Waals surface area contributed by atoms with E-state index in [-0.39, 0.29) is 18.0 Å². The Morgan fingerprint density at radius 1 is 1.09 bits per heavy atom. The summed E-state index contributed by atoms with van der Waals surface area (Å²) in [4.78, 5) is 12.6. The minimum Gasteiger partial charge on any atom is -0.356 e. The van der Waals surface area contributed by atoms with Gasteiger partial charge in [0.15, 0.2) is 5.76 Å². The molecule has 10 heteroatoms. The van der Waals surface area contributed by atoms with E-state index in [1.54, 1.807) is 48.5 Å². The number of hydrogen-bond acceptors (Lipinski definition) is 5. The van der Waals surface area contributed by atoms with Crippen LogP contribution in [0.5, 0.6) is 0 Å². The number of benzene rings is 2. The molecule has 4 rings (SSSR count). The van der Waals surface area contributed by atoms with Crippen molar-refractivity contribution in [3.8, 4) is 11.3 Å². The third-order valence-electron chi connectivity index (χ3n) is 5.30. The fourth-order valence-corrected chi connectivity index (χ4v) is 5.20. The Labute approximate surface area is 184 Å². The first kappa shape index (κ1) is 22.1. The van der Waals surface area contributed by atoms with Crippen LogP contribution in [-0.4, -0.2) is 42.3 Å². The lowest BCUT2D eigenvalue weighted by molar-refractivity contribution is -0.126. The van der Waals surface area contributed by atoms with Crippen LogP contribution in [0.2, 0.25) is 0 Å². The first-order valence-corrected chi connectivity index (χ1v) is 11.4. The van der Waals surface area contributed by atoms with E-state index in [4.69, 9.17) is 4.52 Å². The van der Waals surface area contributed by atoms with Gasteiger partial charge in [0, 0.05) is 37.6 Å². The maximum atomic E-state index is 14.4. The molecular weight excluding hydrogens is 440 g/mol. The smallest absolute Gasteiger partial charge is 0.251 e. The molecule has 1 saturated heterocycles. The average molecular weight is 461 g/mol. The fourth-order valence-electron chi connectivity index (χ4n) is 3.61. The largest absolute Gasteiger partial charge is 0.356 e. The van der Waals surface area contributed by atoms with Crippen molar-refractivity contribution in [2.45, 2.75) is 36.2 Å². The summed E-state index contributed by atoms with van der Waals surface area (Å²) in [6.07, 6.45) is 0.0731. The number of halogens is 2. The number of carbonyl (C=O) groups is 1. The van der Waals surface area contributed by atoms with E-state index in [1.165, 1.54) is 18.3 Å². The highest BCUT2D eigenvalue weighted by Crippen LogP contribution is 2.32. The predicted molar refractivity (Wildman–Crippen MR) is 112 cm³/mol. The molecule has 1 fully saturated rings. The van der Waals surface area contributed by atoms with Gasteiger partial charge in [0.2, 0.25) is 15.9 Å². The van der Waals surface area contributed by atoms with E-state index in [0.717, 1.165) is 9.87 Å². The lowest BCUT2D eigenvalue weighted by Crippen LogP contribution is -2.49. The minimum absolute atomic E-state index is 0.0707. The molecule has 1 atom stereocenters. The standard InChI is InChI=1S/C22H21F2N3O4S/c23-22(24)11-13-25-21(28)19(14-22)27(32(29,30)18-4-2-1-3-5-18)15-16-6-8-17(9-7-16)20-10-12-26-31-20/h1-10,12,19H,11,13-15H2,(H,25,28). The zero-order valence-corrected chi connectivity index (χ0v) is 17.8. The molecule has 32 heavy (non-hydrogen) atoms.